The Morgan fingerprint density at radius 3 is 2.75 bits per heavy atom. The van der Waals surface area contributed by atoms with Gasteiger partial charge in [-0.25, -0.2) is 9.97 Å². The van der Waals surface area contributed by atoms with Crippen LogP contribution < -0.4 is 10.1 Å². The molecule has 106 valence electrons. The van der Waals surface area contributed by atoms with Crippen LogP contribution in [0.1, 0.15) is 18.9 Å². The Bertz CT molecular complexity index is 575. The number of ether oxygens (including phenoxy) is 1. The second-order valence-electron chi connectivity index (χ2n) is 4.40. The van der Waals surface area contributed by atoms with E-state index >= 15 is 0 Å². The Hall–Kier alpha value is -1.65. The van der Waals surface area contributed by atoms with Gasteiger partial charge < -0.3 is 10.1 Å². The van der Waals surface area contributed by atoms with Crippen LogP contribution in [0.3, 0.4) is 0 Å². The Morgan fingerprint density at radius 2 is 2.05 bits per heavy atom. The lowest BCUT2D eigenvalue weighted by Gasteiger charge is -2.09. The predicted octanol–water partition coefficient (Wildman–Crippen LogP) is 3.31. The largest absolute Gasteiger partial charge is 0.479 e. The summed E-state index contributed by atoms with van der Waals surface area (Å²) in [6.45, 7) is 3.89. The molecule has 0 saturated heterocycles. The lowest BCUT2D eigenvalue weighted by Crippen LogP contribution is -2.14. The molecule has 0 aliphatic rings. The SMILES string of the molecule is CCCNCc1ccc(-c2nccnc2OC)cc1Cl. The molecule has 0 spiro atoms. The van der Waals surface area contributed by atoms with Crippen LogP contribution in [0, 0.1) is 0 Å². The van der Waals surface area contributed by atoms with E-state index in [-0.39, 0.29) is 0 Å². The molecule has 2 aromatic rings. The smallest absolute Gasteiger partial charge is 0.240 e. The quantitative estimate of drug-likeness (QED) is 0.830. The van der Waals surface area contributed by atoms with Crippen molar-refractivity contribution >= 4 is 11.6 Å². The number of halogens is 1. The van der Waals surface area contributed by atoms with Crippen molar-refractivity contribution in [2.75, 3.05) is 13.7 Å². The van der Waals surface area contributed by atoms with Crippen molar-refractivity contribution in [3.05, 3.63) is 41.2 Å². The van der Waals surface area contributed by atoms with Crippen molar-refractivity contribution in [1.82, 2.24) is 15.3 Å². The Kier molecular flexibility index (Phi) is 5.32. The fourth-order valence-corrected chi connectivity index (χ4v) is 2.16. The van der Waals surface area contributed by atoms with E-state index in [0.29, 0.717) is 11.6 Å². The first-order valence-electron chi connectivity index (χ1n) is 6.60. The van der Waals surface area contributed by atoms with Gasteiger partial charge in [-0.05, 0) is 24.6 Å². The number of methoxy groups -OCH3 is 1. The maximum atomic E-state index is 6.32. The van der Waals surface area contributed by atoms with Gasteiger partial charge >= 0.3 is 0 Å². The van der Waals surface area contributed by atoms with Gasteiger partial charge in [0.15, 0.2) is 0 Å². The number of hydrogen-bond donors (Lipinski definition) is 1. The summed E-state index contributed by atoms with van der Waals surface area (Å²) in [7, 11) is 1.58. The van der Waals surface area contributed by atoms with E-state index in [1.807, 2.05) is 18.2 Å². The summed E-state index contributed by atoms with van der Waals surface area (Å²) in [5, 5.41) is 4.06. The van der Waals surface area contributed by atoms with Crippen molar-refractivity contribution in [2.45, 2.75) is 19.9 Å². The second-order valence-corrected chi connectivity index (χ2v) is 4.80. The van der Waals surface area contributed by atoms with Crippen LogP contribution in [0.25, 0.3) is 11.3 Å². The van der Waals surface area contributed by atoms with Crippen molar-refractivity contribution in [3.8, 4) is 17.1 Å². The molecule has 2 rings (SSSR count). The summed E-state index contributed by atoms with van der Waals surface area (Å²) >= 11 is 6.32. The standard InChI is InChI=1S/C15H18ClN3O/c1-3-6-17-10-12-5-4-11(9-13(12)16)14-15(20-2)19-8-7-18-14/h4-5,7-9,17H,3,6,10H2,1-2H3. The van der Waals surface area contributed by atoms with Crippen molar-refractivity contribution < 1.29 is 4.74 Å². The molecule has 5 heteroatoms. The average Bonchev–Trinajstić information content (AvgIpc) is 2.49. The van der Waals surface area contributed by atoms with Gasteiger partial charge in [-0.3, -0.25) is 0 Å². The summed E-state index contributed by atoms with van der Waals surface area (Å²) in [5.41, 5.74) is 2.68. The van der Waals surface area contributed by atoms with Gasteiger partial charge in [-0.1, -0.05) is 30.7 Å². The first kappa shape index (κ1) is 14.8. The highest BCUT2D eigenvalue weighted by atomic mass is 35.5. The highest BCUT2D eigenvalue weighted by Crippen LogP contribution is 2.29. The van der Waals surface area contributed by atoms with Crippen LogP contribution in [0.15, 0.2) is 30.6 Å². The predicted molar refractivity (Wildman–Crippen MR) is 81.0 cm³/mol. The number of benzene rings is 1. The maximum absolute atomic E-state index is 6.32. The van der Waals surface area contributed by atoms with Crippen LogP contribution in [0.4, 0.5) is 0 Å². The Balaban J connectivity index is 2.24. The Morgan fingerprint density at radius 1 is 1.25 bits per heavy atom. The Labute approximate surface area is 124 Å². The van der Waals surface area contributed by atoms with Crippen molar-refractivity contribution in [3.63, 3.8) is 0 Å². The summed E-state index contributed by atoms with van der Waals surface area (Å²) in [5.74, 6) is 0.500. The van der Waals surface area contributed by atoms with Gasteiger partial charge in [0.25, 0.3) is 0 Å². The molecule has 0 unspecified atom stereocenters. The highest BCUT2D eigenvalue weighted by molar-refractivity contribution is 6.31. The molecule has 4 nitrogen and oxygen atoms in total. The van der Waals surface area contributed by atoms with Gasteiger partial charge in [-0.15, -0.1) is 0 Å². The molecule has 1 heterocycles. The molecular formula is C15H18ClN3O. The van der Waals surface area contributed by atoms with Crippen LogP contribution in [-0.4, -0.2) is 23.6 Å². The second kappa shape index (κ2) is 7.22. The zero-order chi connectivity index (χ0) is 14.4. The number of aromatic nitrogens is 2. The van der Waals surface area contributed by atoms with E-state index in [9.17, 15) is 0 Å². The lowest BCUT2D eigenvalue weighted by molar-refractivity contribution is 0.398. The minimum absolute atomic E-state index is 0.500. The highest BCUT2D eigenvalue weighted by Gasteiger charge is 2.10. The zero-order valence-corrected chi connectivity index (χ0v) is 12.4. The van der Waals surface area contributed by atoms with E-state index in [0.717, 1.165) is 35.7 Å². The van der Waals surface area contributed by atoms with E-state index < -0.39 is 0 Å². The average molecular weight is 292 g/mol. The molecule has 0 aliphatic heterocycles. The molecule has 0 fully saturated rings. The normalized spacial score (nSPS) is 10.6. The first-order valence-corrected chi connectivity index (χ1v) is 6.98. The minimum Gasteiger partial charge on any atom is -0.479 e. The molecule has 1 N–H and O–H groups in total. The third-order valence-corrected chi connectivity index (χ3v) is 3.28. The first-order chi connectivity index (χ1) is 9.76. The number of nitrogens with zero attached hydrogens (tertiary/aromatic N) is 2. The lowest BCUT2D eigenvalue weighted by atomic mass is 10.1. The fourth-order valence-electron chi connectivity index (χ4n) is 1.91. The summed E-state index contributed by atoms with van der Waals surface area (Å²) in [6.07, 6.45) is 4.35. The van der Waals surface area contributed by atoms with Gasteiger partial charge in [-0.2, -0.15) is 0 Å². The number of nitrogens with one attached hydrogen (secondary N) is 1. The van der Waals surface area contributed by atoms with E-state index in [4.69, 9.17) is 16.3 Å². The number of hydrogen-bond acceptors (Lipinski definition) is 4. The zero-order valence-electron chi connectivity index (χ0n) is 11.7. The molecule has 0 atom stereocenters. The van der Waals surface area contributed by atoms with Crippen LogP contribution >= 0.6 is 11.6 Å². The van der Waals surface area contributed by atoms with E-state index in [1.54, 1.807) is 19.5 Å². The van der Waals surface area contributed by atoms with Crippen molar-refractivity contribution in [2.24, 2.45) is 0 Å². The van der Waals surface area contributed by atoms with E-state index in [1.165, 1.54) is 0 Å². The van der Waals surface area contributed by atoms with E-state index in [2.05, 4.69) is 22.2 Å². The number of rotatable bonds is 6. The van der Waals surface area contributed by atoms with Crippen molar-refractivity contribution in [1.29, 1.82) is 0 Å². The molecule has 0 bridgehead atoms. The maximum Gasteiger partial charge on any atom is 0.240 e. The summed E-state index contributed by atoms with van der Waals surface area (Å²) < 4.78 is 5.22. The van der Waals surface area contributed by atoms with Gasteiger partial charge in [0.1, 0.15) is 5.69 Å². The fraction of sp³-hybridized carbons (Fsp3) is 0.333. The minimum atomic E-state index is 0.500. The molecule has 20 heavy (non-hydrogen) atoms. The van der Waals surface area contributed by atoms with Crippen LogP contribution in [-0.2, 0) is 6.54 Å². The molecule has 0 saturated carbocycles. The van der Waals surface area contributed by atoms with Crippen LogP contribution in [0.5, 0.6) is 5.88 Å². The van der Waals surface area contributed by atoms with Gasteiger partial charge in [0.2, 0.25) is 5.88 Å². The van der Waals surface area contributed by atoms with Gasteiger partial charge in [0, 0.05) is 29.5 Å². The van der Waals surface area contributed by atoms with Gasteiger partial charge in [0.05, 0.1) is 7.11 Å². The molecule has 0 radical (unpaired) electrons. The van der Waals surface area contributed by atoms with Crippen LogP contribution in [0.2, 0.25) is 5.02 Å². The molecule has 0 aliphatic carbocycles. The molecular weight excluding hydrogens is 274 g/mol. The molecule has 0 amide bonds. The molecule has 1 aromatic heterocycles. The molecule has 1 aromatic carbocycles. The summed E-state index contributed by atoms with van der Waals surface area (Å²) in [6, 6.07) is 5.90. The summed E-state index contributed by atoms with van der Waals surface area (Å²) in [4.78, 5) is 8.45. The third-order valence-electron chi connectivity index (χ3n) is 2.93. The topological polar surface area (TPSA) is 47.0 Å². The third kappa shape index (κ3) is 3.46. The monoisotopic (exact) mass is 291 g/mol.